The van der Waals surface area contributed by atoms with Gasteiger partial charge < -0.3 is 10.0 Å². The number of hydrogen-bond donors (Lipinski definition) is 1. The van der Waals surface area contributed by atoms with Crippen LogP contribution in [0.1, 0.15) is 25.8 Å². The molecule has 0 aliphatic carbocycles. The number of fused-ring (bicyclic) bond motifs is 1. The van der Waals surface area contributed by atoms with E-state index in [1.165, 1.54) is 11.3 Å². The van der Waals surface area contributed by atoms with Crippen molar-refractivity contribution in [3.8, 4) is 0 Å². The van der Waals surface area contributed by atoms with Gasteiger partial charge >= 0.3 is 0 Å². The molecule has 1 aliphatic rings. The Balaban J connectivity index is 2.33. The highest BCUT2D eigenvalue weighted by atomic mass is 79.9. The van der Waals surface area contributed by atoms with Crippen LogP contribution < -0.4 is 4.90 Å². The van der Waals surface area contributed by atoms with Gasteiger partial charge in [0.25, 0.3) is 0 Å². The third-order valence-corrected chi connectivity index (χ3v) is 3.68. The Morgan fingerprint density at radius 1 is 1.50 bits per heavy atom. The summed E-state index contributed by atoms with van der Waals surface area (Å²) in [5.41, 5.74) is 2.72. The van der Waals surface area contributed by atoms with Crippen molar-refractivity contribution < 1.29 is 5.11 Å². The predicted molar refractivity (Wildman–Crippen MR) is 71.0 cm³/mol. The van der Waals surface area contributed by atoms with Gasteiger partial charge in [-0.3, -0.25) is 0 Å². The molecular weight excluding hydrogens is 266 g/mol. The Bertz CT molecular complexity index is 378. The molecule has 0 bridgehead atoms. The lowest BCUT2D eigenvalue weighted by Crippen LogP contribution is -2.38. The van der Waals surface area contributed by atoms with E-state index in [2.05, 4.69) is 52.9 Å². The number of rotatable bonds is 3. The van der Waals surface area contributed by atoms with Crippen LogP contribution in [0.2, 0.25) is 0 Å². The van der Waals surface area contributed by atoms with Gasteiger partial charge in [0.15, 0.2) is 0 Å². The molecule has 1 N–H and O–H groups in total. The van der Waals surface area contributed by atoms with Gasteiger partial charge in [0.1, 0.15) is 0 Å². The van der Waals surface area contributed by atoms with Crippen LogP contribution in [-0.4, -0.2) is 23.8 Å². The first-order valence-corrected chi connectivity index (χ1v) is 6.60. The van der Waals surface area contributed by atoms with Crippen molar-refractivity contribution in [3.63, 3.8) is 0 Å². The van der Waals surface area contributed by atoms with Crippen molar-refractivity contribution in [1.29, 1.82) is 0 Å². The van der Waals surface area contributed by atoms with Crippen LogP contribution in [0.4, 0.5) is 5.69 Å². The number of aliphatic hydroxyl groups is 1. The summed E-state index contributed by atoms with van der Waals surface area (Å²) in [6, 6.07) is 7.40. The average Bonchev–Trinajstić information content (AvgIpc) is 2.55. The number of aliphatic hydroxyl groups excluding tert-OH is 1. The Morgan fingerprint density at radius 2 is 2.25 bits per heavy atom. The number of benzene rings is 1. The molecule has 0 radical (unpaired) electrons. The summed E-state index contributed by atoms with van der Waals surface area (Å²) in [5.74, 6) is 0. The van der Waals surface area contributed by atoms with Crippen LogP contribution in [0.5, 0.6) is 0 Å². The zero-order valence-electron chi connectivity index (χ0n) is 9.78. The number of anilines is 1. The van der Waals surface area contributed by atoms with Crippen LogP contribution in [-0.2, 0) is 6.42 Å². The van der Waals surface area contributed by atoms with E-state index in [1.54, 1.807) is 0 Å². The molecule has 2 rings (SSSR count). The van der Waals surface area contributed by atoms with Crippen molar-refractivity contribution in [3.05, 3.63) is 28.2 Å². The molecule has 1 aromatic rings. The maximum absolute atomic E-state index is 9.12. The number of hydrogen-bond acceptors (Lipinski definition) is 2. The lowest BCUT2D eigenvalue weighted by atomic mass is 10.1. The van der Waals surface area contributed by atoms with E-state index in [-0.39, 0.29) is 6.61 Å². The topological polar surface area (TPSA) is 23.5 Å². The van der Waals surface area contributed by atoms with Gasteiger partial charge in [-0.1, -0.05) is 15.9 Å². The summed E-state index contributed by atoms with van der Waals surface area (Å²) >= 11 is 3.51. The predicted octanol–water partition coefficient (Wildman–Crippen LogP) is 2.97. The Hall–Kier alpha value is -0.540. The van der Waals surface area contributed by atoms with E-state index in [0.717, 1.165) is 17.3 Å². The minimum atomic E-state index is 0.267. The first-order chi connectivity index (χ1) is 7.63. The van der Waals surface area contributed by atoms with Gasteiger partial charge in [-0.2, -0.15) is 0 Å². The fraction of sp³-hybridized carbons (Fsp3) is 0.538. The Kier molecular flexibility index (Phi) is 3.55. The second kappa shape index (κ2) is 4.76. The number of halogens is 1. The van der Waals surface area contributed by atoms with E-state index >= 15 is 0 Å². The SMILES string of the molecule is CC(C)N1c2ccc(Br)cc2CC1CCO. The molecule has 1 atom stereocenters. The molecule has 0 saturated heterocycles. The summed E-state index contributed by atoms with van der Waals surface area (Å²) < 4.78 is 1.14. The van der Waals surface area contributed by atoms with Gasteiger partial charge in [0.05, 0.1) is 0 Å². The highest BCUT2D eigenvalue weighted by molar-refractivity contribution is 9.10. The molecule has 0 amide bonds. The van der Waals surface area contributed by atoms with Crippen molar-refractivity contribution >= 4 is 21.6 Å². The molecule has 1 heterocycles. The molecule has 3 heteroatoms. The van der Waals surface area contributed by atoms with Crippen LogP contribution in [0.15, 0.2) is 22.7 Å². The summed E-state index contributed by atoms with van der Waals surface area (Å²) in [4.78, 5) is 2.43. The van der Waals surface area contributed by atoms with E-state index in [4.69, 9.17) is 5.11 Å². The van der Waals surface area contributed by atoms with Crippen molar-refractivity contribution in [2.45, 2.75) is 38.8 Å². The molecule has 2 nitrogen and oxygen atoms in total. The van der Waals surface area contributed by atoms with Crippen LogP contribution in [0.3, 0.4) is 0 Å². The monoisotopic (exact) mass is 283 g/mol. The molecule has 0 aromatic heterocycles. The third kappa shape index (κ3) is 2.11. The van der Waals surface area contributed by atoms with Crippen LogP contribution in [0, 0.1) is 0 Å². The molecule has 16 heavy (non-hydrogen) atoms. The molecule has 1 aliphatic heterocycles. The van der Waals surface area contributed by atoms with Gasteiger partial charge in [0.2, 0.25) is 0 Å². The van der Waals surface area contributed by atoms with Gasteiger partial charge in [-0.25, -0.2) is 0 Å². The lowest BCUT2D eigenvalue weighted by Gasteiger charge is -2.31. The standard InChI is InChI=1S/C13H18BrNO/c1-9(2)15-12(5-6-16)8-10-7-11(14)3-4-13(10)15/h3-4,7,9,12,16H,5-6,8H2,1-2H3. The Labute approximate surface area is 105 Å². The fourth-order valence-electron chi connectivity index (χ4n) is 2.61. The highest BCUT2D eigenvalue weighted by Gasteiger charge is 2.30. The van der Waals surface area contributed by atoms with Gasteiger partial charge in [0, 0.05) is 28.9 Å². The van der Waals surface area contributed by atoms with Crippen molar-refractivity contribution in [2.24, 2.45) is 0 Å². The summed E-state index contributed by atoms with van der Waals surface area (Å²) in [6.07, 6.45) is 1.90. The zero-order chi connectivity index (χ0) is 11.7. The third-order valence-electron chi connectivity index (χ3n) is 3.19. The van der Waals surface area contributed by atoms with Crippen LogP contribution in [0.25, 0.3) is 0 Å². The summed E-state index contributed by atoms with van der Waals surface area (Å²) in [6.45, 7) is 4.69. The first-order valence-electron chi connectivity index (χ1n) is 5.81. The lowest BCUT2D eigenvalue weighted by molar-refractivity contribution is 0.272. The fourth-order valence-corrected chi connectivity index (χ4v) is 3.02. The highest BCUT2D eigenvalue weighted by Crippen LogP contribution is 2.36. The largest absolute Gasteiger partial charge is 0.396 e. The minimum absolute atomic E-state index is 0.267. The molecule has 0 saturated carbocycles. The summed E-state index contributed by atoms with van der Waals surface area (Å²) in [7, 11) is 0. The minimum Gasteiger partial charge on any atom is -0.396 e. The van der Waals surface area contributed by atoms with Crippen molar-refractivity contribution in [1.82, 2.24) is 0 Å². The van der Waals surface area contributed by atoms with Gasteiger partial charge in [-0.05, 0) is 50.5 Å². The number of nitrogens with zero attached hydrogens (tertiary/aromatic N) is 1. The quantitative estimate of drug-likeness (QED) is 0.922. The molecule has 88 valence electrons. The Morgan fingerprint density at radius 3 is 2.88 bits per heavy atom. The molecule has 0 spiro atoms. The summed E-state index contributed by atoms with van der Waals surface area (Å²) in [5, 5.41) is 9.12. The zero-order valence-corrected chi connectivity index (χ0v) is 11.4. The average molecular weight is 284 g/mol. The van der Waals surface area contributed by atoms with E-state index in [0.29, 0.717) is 12.1 Å². The molecule has 0 fully saturated rings. The van der Waals surface area contributed by atoms with Crippen LogP contribution >= 0.6 is 15.9 Å². The van der Waals surface area contributed by atoms with E-state index < -0.39 is 0 Å². The molecule has 1 unspecified atom stereocenters. The van der Waals surface area contributed by atoms with E-state index in [9.17, 15) is 0 Å². The smallest absolute Gasteiger partial charge is 0.0450 e. The second-order valence-corrected chi connectivity index (χ2v) is 5.56. The van der Waals surface area contributed by atoms with E-state index in [1.807, 2.05) is 0 Å². The maximum atomic E-state index is 9.12. The van der Waals surface area contributed by atoms with Crippen molar-refractivity contribution in [2.75, 3.05) is 11.5 Å². The first kappa shape index (κ1) is 11.9. The maximum Gasteiger partial charge on any atom is 0.0450 e. The second-order valence-electron chi connectivity index (χ2n) is 4.64. The normalized spacial score (nSPS) is 19.3. The molecule has 1 aromatic carbocycles. The molecular formula is C13H18BrNO. The van der Waals surface area contributed by atoms with Gasteiger partial charge in [-0.15, -0.1) is 0 Å².